The van der Waals surface area contributed by atoms with Crippen LogP contribution in [0.2, 0.25) is 0 Å². The smallest absolute Gasteiger partial charge is 0.254 e. The Morgan fingerprint density at radius 1 is 1.53 bits per heavy atom. The highest BCUT2D eigenvalue weighted by molar-refractivity contribution is 5.95. The summed E-state index contributed by atoms with van der Waals surface area (Å²) in [5.74, 6) is -0.465. The van der Waals surface area contributed by atoms with Crippen LogP contribution in [0.1, 0.15) is 22.3 Å². The zero-order chi connectivity index (χ0) is 12.4. The molecule has 2 rings (SSSR count). The first-order valence-electron chi connectivity index (χ1n) is 5.83. The van der Waals surface area contributed by atoms with Gasteiger partial charge in [-0.25, -0.2) is 4.39 Å². The molecule has 4 heteroatoms. The van der Waals surface area contributed by atoms with Gasteiger partial charge in [0.25, 0.3) is 5.91 Å². The van der Waals surface area contributed by atoms with Gasteiger partial charge in [-0.3, -0.25) is 4.79 Å². The van der Waals surface area contributed by atoms with Crippen molar-refractivity contribution in [3.63, 3.8) is 0 Å². The predicted molar refractivity (Wildman–Crippen MR) is 64.5 cm³/mol. The standard InChI is InChI=1S/C13H17FN2O/c1-9-3-4-10(14)7-12(9)13(17)16(2)11-5-6-15-8-11/h3-4,7,11,15H,5-6,8H2,1-2H3. The summed E-state index contributed by atoms with van der Waals surface area (Å²) in [7, 11) is 1.78. The van der Waals surface area contributed by atoms with Gasteiger partial charge in [0.15, 0.2) is 0 Å². The minimum Gasteiger partial charge on any atom is -0.337 e. The topological polar surface area (TPSA) is 32.3 Å². The summed E-state index contributed by atoms with van der Waals surface area (Å²) in [6, 6.07) is 4.55. The van der Waals surface area contributed by atoms with E-state index in [1.165, 1.54) is 12.1 Å². The van der Waals surface area contributed by atoms with Crippen LogP contribution < -0.4 is 5.32 Å². The van der Waals surface area contributed by atoms with Crippen molar-refractivity contribution >= 4 is 5.91 Å². The Morgan fingerprint density at radius 3 is 2.94 bits per heavy atom. The summed E-state index contributed by atoms with van der Waals surface area (Å²) >= 11 is 0. The second-order valence-corrected chi connectivity index (χ2v) is 4.52. The number of benzene rings is 1. The molecule has 1 heterocycles. The van der Waals surface area contributed by atoms with Gasteiger partial charge in [0.1, 0.15) is 5.82 Å². The third-order valence-electron chi connectivity index (χ3n) is 3.33. The molecule has 1 aliphatic rings. The molecule has 1 N–H and O–H groups in total. The van der Waals surface area contributed by atoms with Crippen molar-refractivity contribution in [1.82, 2.24) is 10.2 Å². The Hall–Kier alpha value is -1.42. The van der Waals surface area contributed by atoms with E-state index in [0.29, 0.717) is 5.56 Å². The van der Waals surface area contributed by atoms with E-state index in [2.05, 4.69) is 5.32 Å². The van der Waals surface area contributed by atoms with Gasteiger partial charge < -0.3 is 10.2 Å². The van der Waals surface area contributed by atoms with Gasteiger partial charge >= 0.3 is 0 Å². The van der Waals surface area contributed by atoms with Gasteiger partial charge in [0.2, 0.25) is 0 Å². The quantitative estimate of drug-likeness (QED) is 0.845. The number of likely N-dealkylation sites (N-methyl/N-ethyl adjacent to an activating group) is 1. The van der Waals surface area contributed by atoms with E-state index in [4.69, 9.17) is 0 Å². The van der Waals surface area contributed by atoms with E-state index >= 15 is 0 Å². The Labute approximate surface area is 101 Å². The first kappa shape index (κ1) is 12.0. The number of carbonyl (C=O) groups is 1. The minimum atomic E-state index is -0.364. The number of nitrogens with one attached hydrogen (secondary N) is 1. The lowest BCUT2D eigenvalue weighted by molar-refractivity contribution is 0.0742. The predicted octanol–water partition coefficient (Wildman–Crippen LogP) is 1.57. The molecule has 1 aliphatic heterocycles. The highest BCUT2D eigenvalue weighted by Gasteiger charge is 2.24. The molecule has 3 nitrogen and oxygen atoms in total. The molecule has 92 valence electrons. The summed E-state index contributed by atoms with van der Waals surface area (Å²) in [4.78, 5) is 13.9. The Kier molecular flexibility index (Phi) is 3.43. The van der Waals surface area contributed by atoms with Crippen LogP contribution in [0.4, 0.5) is 4.39 Å². The molecule has 1 aromatic rings. The second-order valence-electron chi connectivity index (χ2n) is 4.52. The lowest BCUT2D eigenvalue weighted by Crippen LogP contribution is -2.38. The van der Waals surface area contributed by atoms with Crippen molar-refractivity contribution in [2.24, 2.45) is 0 Å². The Morgan fingerprint density at radius 2 is 2.29 bits per heavy atom. The normalized spacial score (nSPS) is 19.4. The van der Waals surface area contributed by atoms with Crippen LogP contribution in [-0.4, -0.2) is 37.0 Å². The first-order valence-corrected chi connectivity index (χ1v) is 5.83. The van der Waals surface area contributed by atoms with Crippen molar-refractivity contribution < 1.29 is 9.18 Å². The van der Waals surface area contributed by atoms with Gasteiger partial charge in [-0.2, -0.15) is 0 Å². The number of nitrogens with zero attached hydrogens (tertiary/aromatic N) is 1. The van der Waals surface area contributed by atoms with Crippen LogP contribution in [0, 0.1) is 12.7 Å². The van der Waals surface area contributed by atoms with E-state index in [0.717, 1.165) is 25.1 Å². The third-order valence-corrected chi connectivity index (χ3v) is 3.33. The van der Waals surface area contributed by atoms with E-state index in [1.807, 2.05) is 6.92 Å². The van der Waals surface area contributed by atoms with Gasteiger partial charge in [-0.15, -0.1) is 0 Å². The van der Waals surface area contributed by atoms with Crippen LogP contribution in [0.5, 0.6) is 0 Å². The highest BCUT2D eigenvalue weighted by Crippen LogP contribution is 2.15. The molecule has 0 aliphatic carbocycles. The molecule has 0 radical (unpaired) electrons. The number of halogens is 1. The maximum absolute atomic E-state index is 13.2. The average molecular weight is 236 g/mol. The zero-order valence-electron chi connectivity index (χ0n) is 10.2. The molecule has 1 amide bonds. The molecule has 1 saturated heterocycles. The van der Waals surface area contributed by atoms with Gasteiger partial charge in [-0.1, -0.05) is 6.07 Å². The molecular weight excluding hydrogens is 219 g/mol. The molecule has 1 unspecified atom stereocenters. The fraction of sp³-hybridized carbons (Fsp3) is 0.462. The van der Waals surface area contributed by atoms with Gasteiger partial charge in [-0.05, 0) is 37.6 Å². The lowest BCUT2D eigenvalue weighted by Gasteiger charge is -2.24. The van der Waals surface area contributed by atoms with Crippen LogP contribution >= 0.6 is 0 Å². The molecule has 0 aromatic heterocycles. The number of rotatable bonds is 2. The monoisotopic (exact) mass is 236 g/mol. The molecule has 0 saturated carbocycles. The summed E-state index contributed by atoms with van der Waals surface area (Å²) in [5, 5.41) is 3.22. The molecule has 0 spiro atoms. The SMILES string of the molecule is Cc1ccc(F)cc1C(=O)N(C)C1CCNC1. The number of carbonyl (C=O) groups excluding carboxylic acids is 1. The fourth-order valence-corrected chi connectivity index (χ4v) is 2.15. The average Bonchev–Trinajstić information content (AvgIpc) is 2.84. The summed E-state index contributed by atoms with van der Waals surface area (Å²) < 4.78 is 13.2. The summed E-state index contributed by atoms with van der Waals surface area (Å²) in [6.45, 7) is 3.58. The maximum Gasteiger partial charge on any atom is 0.254 e. The second kappa shape index (κ2) is 4.84. The Bertz CT molecular complexity index is 427. The first-order chi connectivity index (χ1) is 8.09. The highest BCUT2D eigenvalue weighted by atomic mass is 19.1. The molecule has 17 heavy (non-hydrogen) atoms. The van der Waals surface area contributed by atoms with Crippen molar-refractivity contribution in [2.75, 3.05) is 20.1 Å². The summed E-state index contributed by atoms with van der Waals surface area (Å²) in [5.41, 5.74) is 1.27. The molecule has 1 atom stereocenters. The van der Waals surface area contributed by atoms with E-state index in [-0.39, 0.29) is 17.8 Å². The largest absolute Gasteiger partial charge is 0.337 e. The number of hydrogen-bond acceptors (Lipinski definition) is 2. The van der Waals surface area contributed by atoms with Crippen molar-refractivity contribution in [1.29, 1.82) is 0 Å². The zero-order valence-corrected chi connectivity index (χ0v) is 10.2. The summed E-state index contributed by atoms with van der Waals surface area (Å²) in [6.07, 6.45) is 0.955. The van der Waals surface area contributed by atoms with E-state index in [1.54, 1.807) is 18.0 Å². The van der Waals surface area contributed by atoms with E-state index < -0.39 is 0 Å². The molecular formula is C13H17FN2O. The minimum absolute atomic E-state index is 0.101. The molecule has 1 fully saturated rings. The number of hydrogen-bond donors (Lipinski definition) is 1. The van der Waals surface area contributed by atoms with Crippen molar-refractivity contribution in [2.45, 2.75) is 19.4 Å². The maximum atomic E-state index is 13.2. The van der Waals surface area contributed by atoms with Crippen LogP contribution in [0.3, 0.4) is 0 Å². The fourth-order valence-electron chi connectivity index (χ4n) is 2.15. The van der Waals surface area contributed by atoms with Crippen LogP contribution in [0.25, 0.3) is 0 Å². The van der Waals surface area contributed by atoms with Crippen molar-refractivity contribution in [3.05, 3.63) is 35.1 Å². The Balaban J connectivity index is 2.20. The molecule has 1 aromatic carbocycles. The lowest BCUT2D eigenvalue weighted by atomic mass is 10.1. The van der Waals surface area contributed by atoms with Gasteiger partial charge in [0, 0.05) is 25.2 Å². The van der Waals surface area contributed by atoms with Gasteiger partial charge in [0.05, 0.1) is 0 Å². The molecule has 0 bridgehead atoms. The van der Waals surface area contributed by atoms with Crippen molar-refractivity contribution in [3.8, 4) is 0 Å². The van der Waals surface area contributed by atoms with Crippen LogP contribution in [-0.2, 0) is 0 Å². The van der Waals surface area contributed by atoms with E-state index in [9.17, 15) is 9.18 Å². The van der Waals surface area contributed by atoms with Crippen LogP contribution in [0.15, 0.2) is 18.2 Å². The number of amides is 1. The third kappa shape index (κ3) is 2.47. The number of aryl methyl sites for hydroxylation is 1.